The second kappa shape index (κ2) is 7.65. The van der Waals surface area contributed by atoms with Gasteiger partial charge in [0, 0.05) is 6.54 Å². The smallest absolute Gasteiger partial charge is 0.338 e. The number of nitrogens with zero attached hydrogens (tertiary/aromatic N) is 1. The number of halogens is 1. The first kappa shape index (κ1) is 18.9. The largest absolute Gasteiger partial charge is 0.462 e. The van der Waals surface area contributed by atoms with Crippen LogP contribution in [0.1, 0.15) is 29.8 Å². The van der Waals surface area contributed by atoms with Crippen molar-refractivity contribution in [1.29, 1.82) is 0 Å². The highest BCUT2D eigenvalue weighted by Crippen LogP contribution is 2.27. The molecule has 0 saturated heterocycles. The fourth-order valence-corrected chi connectivity index (χ4v) is 4.02. The van der Waals surface area contributed by atoms with Crippen LogP contribution in [0.3, 0.4) is 0 Å². The first-order chi connectivity index (χ1) is 11.8. The van der Waals surface area contributed by atoms with E-state index in [0.29, 0.717) is 16.8 Å². The highest BCUT2D eigenvalue weighted by Gasteiger charge is 2.25. The number of benzene rings is 2. The number of sulfonamides is 1. The molecule has 0 aliphatic rings. The average Bonchev–Trinajstić information content (AvgIpc) is 2.57. The Morgan fingerprint density at radius 1 is 1.12 bits per heavy atom. The van der Waals surface area contributed by atoms with E-state index in [-0.39, 0.29) is 18.0 Å². The van der Waals surface area contributed by atoms with Gasteiger partial charge in [-0.1, -0.05) is 0 Å². The summed E-state index contributed by atoms with van der Waals surface area (Å²) in [4.78, 5) is 11.8. The number of carbonyl (C=O) groups excluding carboxylic acids is 1. The van der Waals surface area contributed by atoms with Gasteiger partial charge in [0.15, 0.2) is 0 Å². The van der Waals surface area contributed by atoms with Crippen LogP contribution in [-0.2, 0) is 14.8 Å². The lowest BCUT2D eigenvalue weighted by Gasteiger charge is -2.25. The molecule has 0 bridgehead atoms. The summed E-state index contributed by atoms with van der Waals surface area (Å²) in [5.41, 5.74) is 1.44. The Morgan fingerprint density at radius 2 is 1.76 bits per heavy atom. The number of esters is 1. The van der Waals surface area contributed by atoms with Crippen LogP contribution in [0.2, 0.25) is 0 Å². The van der Waals surface area contributed by atoms with Gasteiger partial charge in [-0.25, -0.2) is 17.6 Å². The maximum atomic E-state index is 13.1. The molecule has 0 radical (unpaired) electrons. The zero-order valence-electron chi connectivity index (χ0n) is 14.3. The third-order valence-corrected chi connectivity index (χ3v) is 5.57. The van der Waals surface area contributed by atoms with E-state index < -0.39 is 21.8 Å². The van der Waals surface area contributed by atoms with Crippen molar-refractivity contribution in [1.82, 2.24) is 0 Å². The van der Waals surface area contributed by atoms with Crippen molar-refractivity contribution in [3.8, 4) is 0 Å². The average molecular weight is 365 g/mol. The summed E-state index contributed by atoms with van der Waals surface area (Å²) < 4.78 is 45.0. The van der Waals surface area contributed by atoms with E-state index >= 15 is 0 Å². The summed E-state index contributed by atoms with van der Waals surface area (Å²) in [6.07, 6.45) is 0. The van der Waals surface area contributed by atoms with Crippen LogP contribution in [0.5, 0.6) is 0 Å². The lowest BCUT2D eigenvalue weighted by Crippen LogP contribution is -2.31. The number of rotatable bonds is 6. The van der Waals surface area contributed by atoms with Gasteiger partial charge in [0.2, 0.25) is 0 Å². The Hall–Kier alpha value is -2.41. The van der Waals surface area contributed by atoms with Gasteiger partial charge in [-0.2, -0.15) is 0 Å². The van der Waals surface area contributed by atoms with E-state index in [4.69, 9.17) is 4.74 Å². The zero-order chi connectivity index (χ0) is 18.6. The number of hydrogen-bond acceptors (Lipinski definition) is 4. The summed E-state index contributed by atoms with van der Waals surface area (Å²) in [5, 5.41) is 0. The number of anilines is 1. The van der Waals surface area contributed by atoms with Gasteiger partial charge in [0.1, 0.15) is 5.82 Å². The molecule has 2 aromatic rings. The lowest BCUT2D eigenvalue weighted by atomic mass is 10.1. The number of hydrogen-bond donors (Lipinski definition) is 0. The Morgan fingerprint density at radius 3 is 2.28 bits per heavy atom. The minimum Gasteiger partial charge on any atom is -0.462 e. The van der Waals surface area contributed by atoms with Crippen molar-refractivity contribution in [2.24, 2.45) is 0 Å². The molecule has 0 fully saturated rings. The molecule has 0 aliphatic carbocycles. The standard InChI is InChI=1S/C18H20FNO4S/c1-4-20(25(22,23)16-9-7-15(19)8-10-16)17-11-6-14(12-13(17)3)18(21)24-5-2/h6-12H,4-5H2,1-3H3. The fraction of sp³-hybridized carbons (Fsp3) is 0.278. The quantitative estimate of drug-likeness (QED) is 0.735. The van der Waals surface area contributed by atoms with Gasteiger partial charge in [0.25, 0.3) is 10.0 Å². The molecular formula is C18H20FNO4S. The van der Waals surface area contributed by atoms with E-state index in [9.17, 15) is 17.6 Å². The molecule has 0 aliphatic heterocycles. The van der Waals surface area contributed by atoms with Crippen LogP contribution in [-0.4, -0.2) is 27.5 Å². The van der Waals surface area contributed by atoms with E-state index in [0.717, 1.165) is 12.1 Å². The maximum Gasteiger partial charge on any atom is 0.338 e. The van der Waals surface area contributed by atoms with Gasteiger partial charge >= 0.3 is 5.97 Å². The second-order valence-corrected chi connectivity index (χ2v) is 7.21. The second-order valence-electron chi connectivity index (χ2n) is 5.35. The topological polar surface area (TPSA) is 63.7 Å². The molecule has 0 N–H and O–H groups in total. The fourth-order valence-electron chi connectivity index (χ4n) is 2.48. The molecule has 0 saturated carbocycles. The molecule has 0 unspecified atom stereocenters. The molecule has 5 nitrogen and oxygen atoms in total. The van der Waals surface area contributed by atoms with Crippen molar-refractivity contribution >= 4 is 21.7 Å². The molecule has 0 amide bonds. The summed E-state index contributed by atoms with van der Waals surface area (Å²) in [6.45, 7) is 5.60. The molecule has 0 aromatic heterocycles. The van der Waals surface area contributed by atoms with Crippen molar-refractivity contribution in [3.05, 3.63) is 59.4 Å². The van der Waals surface area contributed by atoms with Crippen LogP contribution in [0.25, 0.3) is 0 Å². The third-order valence-electron chi connectivity index (χ3n) is 3.67. The summed E-state index contributed by atoms with van der Waals surface area (Å²) in [7, 11) is -3.84. The van der Waals surface area contributed by atoms with Crippen LogP contribution in [0, 0.1) is 12.7 Å². The molecular weight excluding hydrogens is 345 g/mol. The number of carbonyl (C=O) groups is 1. The van der Waals surface area contributed by atoms with Gasteiger partial charge in [-0.05, 0) is 68.8 Å². The Labute approximate surface area is 147 Å². The normalized spacial score (nSPS) is 11.2. The van der Waals surface area contributed by atoms with Crippen molar-refractivity contribution in [2.45, 2.75) is 25.7 Å². The third kappa shape index (κ3) is 3.99. The Bertz CT molecular complexity index is 863. The molecule has 0 atom stereocenters. The Kier molecular flexibility index (Phi) is 5.79. The van der Waals surface area contributed by atoms with Crippen LogP contribution < -0.4 is 4.31 Å². The van der Waals surface area contributed by atoms with Crippen LogP contribution >= 0.6 is 0 Å². The monoisotopic (exact) mass is 365 g/mol. The number of aryl methyl sites for hydroxylation is 1. The van der Waals surface area contributed by atoms with Gasteiger partial charge in [0.05, 0.1) is 22.8 Å². The number of ether oxygens (including phenoxy) is 1. The van der Waals surface area contributed by atoms with E-state index in [1.807, 2.05) is 0 Å². The van der Waals surface area contributed by atoms with E-state index in [2.05, 4.69) is 0 Å². The molecule has 25 heavy (non-hydrogen) atoms. The summed E-state index contributed by atoms with van der Waals surface area (Å²) >= 11 is 0. The SMILES string of the molecule is CCOC(=O)c1ccc(N(CC)S(=O)(=O)c2ccc(F)cc2)c(C)c1. The minimum atomic E-state index is -3.84. The van der Waals surface area contributed by atoms with Crippen molar-refractivity contribution in [2.75, 3.05) is 17.5 Å². The van der Waals surface area contributed by atoms with Gasteiger partial charge in [-0.15, -0.1) is 0 Å². The highest BCUT2D eigenvalue weighted by molar-refractivity contribution is 7.92. The first-order valence-corrected chi connectivity index (χ1v) is 9.31. The molecule has 0 heterocycles. The van der Waals surface area contributed by atoms with Crippen LogP contribution in [0.15, 0.2) is 47.4 Å². The molecule has 134 valence electrons. The zero-order valence-corrected chi connectivity index (χ0v) is 15.1. The van der Waals surface area contributed by atoms with Crippen molar-refractivity contribution < 1.29 is 22.3 Å². The van der Waals surface area contributed by atoms with Gasteiger partial charge < -0.3 is 4.74 Å². The minimum absolute atomic E-state index is 0.00428. The molecule has 7 heteroatoms. The summed E-state index contributed by atoms with van der Waals surface area (Å²) in [5.74, 6) is -0.960. The Balaban J connectivity index is 2.43. The molecule has 0 spiro atoms. The predicted molar refractivity (Wildman–Crippen MR) is 93.7 cm³/mol. The van der Waals surface area contributed by atoms with E-state index in [1.54, 1.807) is 32.9 Å². The predicted octanol–water partition coefficient (Wildman–Crippen LogP) is 3.53. The molecule has 2 rings (SSSR count). The van der Waals surface area contributed by atoms with Gasteiger partial charge in [-0.3, -0.25) is 4.31 Å². The highest BCUT2D eigenvalue weighted by atomic mass is 32.2. The first-order valence-electron chi connectivity index (χ1n) is 7.87. The maximum absolute atomic E-state index is 13.1. The van der Waals surface area contributed by atoms with Crippen LogP contribution in [0.4, 0.5) is 10.1 Å². The molecule has 2 aromatic carbocycles. The van der Waals surface area contributed by atoms with Crippen molar-refractivity contribution in [3.63, 3.8) is 0 Å². The lowest BCUT2D eigenvalue weighted by molar-refractivity contribution is 0.0526. The van der Waals surface area contributed by atoms with E-state index in [1.165, 1.54) is 22.5 Å². The summed E-state index contributed by atoms with van der Waals surface area (Å²) in [6, 6.07) is 9.38.